The fourth-order valence-corrected chi connectivity index (χ4v) is 1.63. The maximum Gasteiger partial charge on any atom is 0.183 e. The van der Waals surface area contributed by atoms with Crippen molar-refractivity contribution in [3.05, 3.63) is 11.1 Å². The van der Waals surface area contributed by atoms with E-state index in [1.807, 2.05) is 19.9 Å². The predicted molar refractivity (Wildman–Crippen MR) is 69.8 cm³/mol. The van der Waals surface area contributed by atoms with Crippen LogP contribution >= 0.6 is 11.3 Å². The molecule has 0 atom stereocenters. The van der Waals surface area contributed by atoms with Crippen LogP contribution in [0.15, 0.2) is 6.20 Å². The van der Waals surface area contributed by atoms with E-state index in [0.29, 0.717) is 4.88 Å². The van der Waals surface area contributed by atoms with Crippen molar-refractivity contribution in [1.82, 2.24) is 10.3 Å². The van der Waals surface area contributed by atoms with Crippen LogP contribution in [0.5, 0.6) is 0 Å². The van der Waals surface area contributed by atoms with Gasteiger partial charge in [0.15, 0.2) is 5.13 Å². The molecule has 1 fully saturated rings. The standard InChI is InChI=1S/C5H5N3S.C4H9N.C2H6/c1-7-5-8-3-4(2-6)9-5;1-2-4-5-3-1;1-2/h3H,1H3,(H,7,8);5H,1-4H2;1-2H3. The number of aromatic nitrogens is 1. The molecule has 2 heterocycles. The molecule has 0 aliphatic carbocycles. The molecule has 1 saturated heterocycles. The van der Waals surface area contributed by atoms with Gasteiger partial charge in [-0.25, -0.2) is 4.98 Å². The van der Waals surface area contributed by atoms with E-state index in [0.717, 1.165) is 5.13 Å². The molecule has 1 aliphatic rings. The van der Waals surface area contributed by atoms with E-state index in [9.17, 15) is 0 Å². The van der Waals surface area contributed by atoms with Crippen LogP contribution in [0.25, 0.3) is 0 Å². The minimum atomic E-state index is 0.638. The smallest absolute Gasteiger partial charge is 0.183 e. The summed E-state index contributed by atoms with van der Waals surface area (Å²) in [6.45, 7) is 6.50. The van der Waals surface area contributed by atoms with E-state index < -0.39 is 0 Å². The van der Waals surface area contributed by atoms with Crippen molar-refractivity contribution in [2.75, 3.05) is 25.5 Å². The van der Waals surface area contributed by atoms with Crippen molar-refractivity contribution in [3.63, 3.8) is 0 Å². The van der Waals surface area contributed by atoms with Crippen LogP contribution in [0.2, 0.25) is 0 Å². The molecule has 1 aliphatic heterocycles. The van der Waals surface area contributed by atoms with Crippen molar-refractivity contribution >= 4 is 16.5 Å². The number of hydrogen-bond donors (Lipinski definition) is 2. The predicted octanol–water partition coefficient (Wildman–Crippen LogP) is 2.45. The van der Waals surface area contributed by atoms with Gasteiger partial charge in [-0.05, 0) is 25.9 Å². The highest BCUT2D eigenvalue weighted by atomic mass is 32.1. The second-order valence-electron chi connectivity index (χ2n) is 2.85. The summed E-state index contributed by atoms with van der Waals surface area (Å²) in [4.78, 5) is 4.53. The first kappa shape index (κ1) is 14.9. The third-order valence-corrected chi connectivity index (χ3v) is 2.71. The number of thiazole rings is 1. The van der Waals surface area contributed by atoms with Gasteiger partial charge in [0.05, 0.1) is 6.20 Å². The Labute approximate surface area is 102 Å². The van der Waals surface area contributed by atoms with E-state index in [2.05, 4.69) is 15.6 Å². The van der Waals surface area contributed by atoms with Crippen molar-refractivity contribution in [1.29, 1.82) is 5.26 Å². The molecule has 4 nitrogen and oxygen atoms in total. The molecule has 0 amide bonds. The fraction of sp³-hybridized carbons (Fsp3) is 0.636. The molecule has 0 spiro atoms. The summed E-state index contributed by atoms with van der Waals surface area (Å²) in [5, 5.41) is 15.2. The Hall–Kier alpha value is -1.12. The first-order chi connectivity index (χ1) is 7.86. The highest BCUT2D eigenvalue weighted by molar-refractivity contribution is 7.16. The summed E-state index contributed by atoms with van der Waals surface area (Å²) in [6, 6.07) is 2.00. The maximum atomic E-state index is 8.34. The van der Waals surface area contributed by atoms with E-state index in [-0.39, 0.29) is 0 Å². The zero-order chi connectivity index (χ0) is 12.2. The topological polar surface area (TPSA) is 60.7 Å². The van der Waals surface area contributed by atoms with Gasteiger partial charge in [-0.2, -0.15) is 5.26 Å². The molecule has 0 unspecified atom stereocenters. The zero-order valence-corrected chi connectivity index (χ0v) is 11.0. The van der Waals surface area contributed by atoms with Gasteiger partial charge in [-0.1, -0.05) is 25.2 Å². The summed E-state index contributed by atoms with van der Waals surface area (Å²) in [6.07, 6.45) is 4.33. The van der Waals surface area contributed by atoms with Crippen LogP contribution in [0, 0.1) is 11.3 Å². The summed E-state index contributed by atoms with van der Waals surface area (Å²) in [5.74, 6) is 0. The number of hydrogen-bond acceptors (Lipinski definition) is 5. The second-order valence-corrected chi connectivity index (χ2v) is 3.88. The van der Waals surface area contributed by atoms with Crippen LogP contribution in [0.4, 0.5) is 5.13 Å². The number of nitriles is 1. The Morgan fingerprint density at radius 1 is 1.44 bits per heavy atom. The highest BCUT2D eigenvalue weighted by Gasteiger charge is 1.95. The van der Waals surface area contributed by atoms with Gasteiger partial charge >= 0.3 is 0 Å². The minimum Gasteiger partial charge on any atom is -0.365 e. The van der Waals surface area contributed by atoms with Crippen LogP contribution in [-0.4, -0.2) is 25.1 Å². The van der Waals surface area contributed by atoms with Crippen LogP contribution in [-0.2, 0) is 0 Å². The molecule has 1 aromatic rings. The molecular weight excluding hydrogens is 220 g/mol. The Kier molecular flexibility index (Phi) is 9.67. The van der Waals surface area contributed by atoms with Crippen molar-refractivity contribution < 1.29 is 0 Å². The van der Waals surface area contributed by atoms with E-state index in [1.54, 1.807) is 13.2 Å². The molecule has 2 rings (SSSR count). The molecule has 0 radical (unpaired) electrons. The monoisotopic (exact) mass is 240 g/mol. The van der Waals surface area contributed by atoms with Gasteiger partial charge in [-0.3, -0.25) is 0 Å². The first-order valence-corrected chi connectivity index (χ1v) is 6.43. The number of nitrogens with one attached hydrogen (secondary N) is 2. The first-order valence-electron chi connectivity index (χ1n) is 5.61. The molecule has 16 heavy (non-hydrogen) atoms. The van der Waals surface area contributed by atoms with Crippen LogP contribution < -0.4 is 10.6 Å². The number of anilines is 1. The summed E-state index contributed by atoms with van der Waals surface area (Å²) >= 11 is 1.35. The highest BCUT2D eigenvalue weighted by Crippen LogP contribution is 2.15. The third-order valence-electron chi connectivity index (χ3n) is 1.79. The lowest BCUT2D eigenvalue weighted by Gasteiger charge is -1.84. The molecular formula is C11H20N4S. The lowest BCUT2D eigenvalue weighted by molar-refractivity contribution is 0.857. The maximum absolute atomic E-state index is 8.34. The van der Waals surface area contributed by atoms with Crippen molar-refractivity contribution in [2.24, 2.45) is 0 Å². The van der Waals surface area contributed by atoms with Crippen LogP contribution in [0.3, 0.4) is 0 Å². The number of rotatable bonds is 1. The average molecular weight is 240 g/mol. The average Bonchev–Trinajstić information content (AvgIpc) is 3.05. The molecule has 5 heteroatoms. The molecule has 0 aromatic carbocycles. The summed E-state index contributed by atoms with van der Waals surface area (Å²) < 4.78 is 0. The van der Waals surface area contributed by atoms with Gasteiger partial charge in [0.25, 0.3) is 0 Å². The molecule has 90 valence electrons. The minimum absolute atomic E-state index is 0.638. The van der Waals surface area contributed by atoms with E-state index >= 15 is 0 Å². The van der Waals surface area contributed by atoms with Gasteiger partial charge in [-0.15, -0.1) is 0 Å². The van der Waals surface area contributed by atoms with Crippen LogP contribution in [0.1, 0.15) is 31.6 Å². The SMILES string of the molecule is C1CCNC1.CC.CNc1ncc(C#N)s1. The zero-order valence-electron chi connectivity index (χ0n) is 10.2. The van der Waals surface area contributed by atoms with Crippen molar-refractivity contribution in [2.45, 2.75) is 26.7 Å². The molecule has 1 aromatic heterocycles. The van der Waals surface area contributed by atoms with E-state index in [1.165, 1.54) is 37.3 Å². The summed E-state index contributed by atoms with van der Waals surface area (Å²) in [5.41, 5.74) is 0. The Morgan fingerprint density at radius 2 is 2.06 bits per heavy atom. The van der Waals surface area contributed by atoms with Gasteiger partial charge in [0.2, 0.25) is 0 Å². The van der Waals surface area contributed by atoms with E-state index in [4.69, 9.17) is 5.26 Å². The molecule has 2 N–H and O–H groups in total. The van der Waals surface area contributed by atoms with Crippen molar-refractivity contribution in [3.8, 4) is 6.07 Å². The second kappa shape index (κ2) is 10.4. The van der Waals surface area contributed by atoms with Gasteiger partial charge < -0.3 is 10.6 Å². The Bertz CT molecular complexity index is 292. The number of nitrogens with zero attached hydrogens (tertiary/aromatic N) is 2. The van der Waals surface area contributed by atoms with Gasteiger partial charge in [0.1, 0.15) is 10.9 Å². The third kappa shape index (κ3) is 6.38. The Morgan fingerprint density at radius 3 is 2.31 bits per heavy atom. The lowest BCUT2D eigenvalue weighted by Crippen LogP contribution is -2.03. The molecule has 0 saturated carbocycles. The van der Waals surface area contributed by atoms with Gasteiger partial charge in [0, 0.05) is 7.05 Å². The normalized spacial score (nSPS) is 12.6. The summed E-state index contributed by atoms with van der Waals surface area (Å²) in [7, 11) is 1.78. The quantitative estimate of drug-likeness (QED) is 0.791. The fourth-order valence-electron chi connectivity index (χ4n) is 1.07. The molecule has 0 bridgehead atoms. The largest absolute Gasteiger partial charge is 0.365 e. The Balaban J connectivity index is 0.000000272. The lowest BCUT2D eigenvalue weighted by atomic mass is 10.4.